The molecule has 6 heteroatoms. The number of nitrogens with two attached hydrogens (primary N) is 1. The fourth-order valence-electron chi connectivity index (χ4n) is 2.82. The van der Waals surface area contributed by atoms with E-state index in [0.29, 0.717) is 17.8 Å². The molecule has 1 aliphatic rings. The van der Waals surface area contributed by atoms with Crippen LogP contribution in [-0.4, -0.2) is 17.7 Å². The van der Waals surface area contributed by atoms with E-state index in [1.165, 1.54) is 23.4 Å². The van der Waals surface area contributed by atoms with Gasteiger partial charge >= 0.3 is 0 Å². The summed E-state index contributed by atoms with van der Waals surface area (Å²) in [6.45, 7) is 1.45. The minimum atomic E-state index is -0.357. The van der Waals surface area contributed by atoms with Gasteiger partial charge in [-0.3, -0.25) is 10.1 Å². The summed E-state index contributed by atoms with van der Waals surface area (Å²) in [6, 6.07) is 13.3. The summed E-state index contributed by atoms with van der Waals surface area (Å²) >= 11 is 0. The molecule has 0 atom stereocenters. The molecule has 0 radical (unpaired) electrons. The molecule has 1 aliphatic heterocycles. The van der Waals surface area contributed by atoms with Crippen LogP contribution in [-0.2, 0) is 13.0 Å². The van der Waals surface area contributed by atoms with E-state index in [0.717, 1.165) is 13.0 Å². The van der Waals surface area contributed by atoms with Crippen LogP contribution in [0.15, 0.2) is 47.6 Å². The first-order valence-electron chi connectivity index (χ1n) is 7.02. The third-order valence-electron chi connectivity index (χ3n) is 3.89. The molecule has 0 spiro atoms. The highest BCUT2D eigenvalue weighted by Crippen LogP contribution is 2.32. The van der Waals surface area contributed by atoms with Crippen LogP contribution in [0.25, 0.3) is 0 Å². The Labute approximate surface area is 128 Å². The zero-order chi connectivity index (χ0) is 15.5. The lowest BCUT2D eigenvalue weighted by Gasteiger charge is -2.30. The molecule has 0 amide bonds. The number of nitro groups is 1. The van der Waals surface area contributed by atoms with E-state index >= 15 is 0 Å². The van der Waals surface area contributed by atoms with E-state index in [1.54, 1.807) is 12.1 Å². The van der Waals surface area contributed by atoms with Gasteiger partial charge < -0.3 is 10.7 Å². The van der Waals surface area contributed by atoms with Gasteiger partial charge in [0.2, 0.25) is 0 Å². The largest absolute Gasteiger partial charge is 0.361 e. The van der Waals surface area contributed by atoms with Gasteiger partial charge in [0.1, 0.15) is 5.69 Å². The number of benzene rings is 2. The van der Waals surface area contributed by atoms with E-state index in [4.69, 9.17) is 5.84 Å². The number of nitro benzene ring substituents is 1. The van der Waals surface area contributed by atoms with Crippen LogP contribution in [0.3, 0.4) is 0 Å². The fraction of sp³-hybridized carbons (Fsp3) is 0.188. The van der Waals surface area contributed by atoms with Gasteiger partial charge in [0, 0.05) is 24.7 Å². The average Bonchev–Trinajstić information content (AvgIpc) is 2.54. The number of rotatable bonds is 3. The van der Waals surface area contributed by atoms with Gasteiger partial charge in [0.05, 0.1) is 11.1 Å². The van der Waals surface area contributed by atoms with Crippen LogP contribution in [0, 0.1) is 10.1 Å². The second-order valence-corrected chi connectivity index (χ2v) is 5.22. The van der Waals surface area contributed by atoms with Crippen LogP contribution in [0.1, 0.15) is 16.7 Å². The van der Waals surface area contributed by atoms with Crippen molar-refractivity contribution in [3.63, 3.8) is 0 Å². The van der Waals surface area contributed by atoms with Crippen molar-refractivity contribution in [1.82, 2.24) is 0 Å². The smallest absolute Gasteiger partial charge is 0.293 e. The van der Waals surface area contributed by atoms with Crippen molar-refractivity contribution in [2.24, 2.45) is 10.9 Å². The zero-order valence-corrected chi connectivity index (χ0v) is 12.0. The zero-order valence-electron chi connectivity index (χ0n) is 12.0. The van der Waals surface area contributed by atoms with Crippen molar-refractivity contribution in [3.05, 3.63) is 69.3 Å². The Morgan fingerprint density at radius 1 is 1.23 bits per heavy atom. The molecule has 0 aliphatic carbocycles. The summed E-state index contributed by atoms with van der Waals surface area (Å²) in [4.78, 5) is 13.1. The van der Waals surface area contributed by atoms with Gasteiger partial charge in [-0.1, -0.05) is 30.3 Å². The number of anilines is 1. The predicted octanol–water partition coefficient (Wildman–Crippen LogP) is 2.45. The highest BCUT2D eigenvalue weighted by Gasteiger charge is 2.23. The summed E-state index contributed by atoms with van der Waals surface area (Å²) in [7, 11) is 0. The van der Waals surface area contributed by atoms with Crippen molar-refractivity contribution in [2.45, 2.75) is 13.0 Å². The number of hydrogen-bond acceptors (Lipinski definition) is 5. The second kappa shape index (κ2) is 5.85. The van der Waals surface area contributed by atoms with E-state index < -0.39 is 0 Å². The van der Waals surface area contributed by atoms with Crippen LogP contribution < -0.4 is 10.7 Å². The second-order valence-electron chi connectivity index (χ2n) is 5.22. The Hall–Kier alpha value is -2.89. The first-order chi connectivity index (χ1) is 10.7. The monoisotopic (exact) mass is 296 g/mol. The predicted molar refractivity (Wildman–Crippen MR) is 86.1 cm³/mol. The number of nitrogens with zero attached hydrogens (tertiary/aromatic N) is 3. The summed E-state index contributed by atoms with van der Waals surface area (Å²) in [5.74, 6) is 5.11. The Morgan fingerprint density at radius 2 is 2.00 bits per heavy atom. The summed E-state index contributed by atoms with van der Waals surface area (Å²) in [5.41, 5.74) is 3.87. The number of hydrogen-bond donors (Lipinski definition) is 1. The quantitative estimate of drug-likeness (QED) is 0.408. The van der Waals surface area contributed by atoms with Gasteiger partial charge in [-0.15, -0.1) is 0 Å². The Bertz CT molecular complexity index is 743. The van der Waals surface area contributed by atoms with E-state index in [-0.39, 0.29) is 10.6 Å². The summed E-state index contributed by atoms with van der Waals surface area (Å²) in [5, 5.41) is 14.8. The molecule has 22 heavy (non-hydrogen) atoms. The van der Waals surface area contributed by atoms with Crippen LogP contribution in [0.4, 0.5) is 11.4 Å². The van der Waals surface area contributed by atoms with Crippen LogP contribution >= 0.6 is 0 Å². The van der Waals surface area contributed by atoms with Crippen LogP contribution in [0.5, 0.6) is 0 Å². The molecule has 6 nitrogen and oxygen atoms in total. The lowest BCUT2D eigenvalue weighted by molar-refractivity contribution is -0.384. The highest BCUT2D eigenvalue weighted by molar-refractivity contribution is 5.83. The van der Waals surface area contributed by atoms with E-state index in [2.05, 4.69) is 17.2 Å². The summed E-state index contributed by atoms with van der Waals surface area (Å²) < 4.78 is 0. The third kappa shape index (κ3) is 2.63. The molecule has 112 valence electrons. The number of hydrazone groups is 1. The average molecular weight is 296 g/mol. The van der Waals surface area contributed by atoms with Gasteiger partial charge in [-0.25, -0.2) is 0 Å². The van der Waals surface area contributed by atoms with Crippen molar-refractivity contribution < 1.29 is 4.92 Å². The standard InChI is InChI=1S/C16H16N4O2/c17-18-10-12-5-6-15(16(9-12)20(21)22)19-8-7-13-3-1-2-4-14(13)11-19/h1-6,9-10H,7-8,11,17H2. The molecule has 2 aromatic carbocycles. The molecule has 0 saturated carbocycles. The highest BCUT2D eigenvalue weighted by atomic mass is 16.6. The van der Waals surface area contributed by atoms with Gasteiger partial charge in [0.25, 0.3) is 5.69 Å². The molecular weight excluding hydrogens is 280 g/mol. The van der Waals surface area contributed by atoms with Gasteiger partial charge in [0.15, 0.2) is 0 Å². The normalized spacial score (nSPS) is 14.1. The molecule has 0 unspecified atom stereocenters. The number of fused-ring (bicyclic) bond motifs is 1. The molecular formula is C16H16N4O2. The molecule has 3 rings (SSSR count). The first-order valence-corrected chi connectivity index (χ1v) is 7.02. The van der Waals surface area contributed by atoms with Crippen molar-refractivity contribution in [1.29, 1.82) is 0 Å². The maximum atomic E-state index is 11.4. The molecule has 2 N–H and O–H groups in total. The molecule has 1 heterocycles. The molecule has 0 aromatic heterocycles. The molecule has 2 aromatic rings. The van der Waals surface area contributed by atoms with E-state index in [1.807, 2.05) is 17.0 Å². The minimum Gasteiger partial charge on any atom is -0.361 e. The SMILES string of the molecule is NN=Cc1ccc(N2CCc3ccccc3C2)c([N+](=O)[O-])c1. The topological polar surface area (TPSA) is 84.8 Å². The summed E-state index contributed by atoms with van der Waals surface area (Å²) in [6.07, 6.45) is 2.29. The molecule has 0 saturated heterocycles. The van der Waals surface area contributed by atoms with Crippen molar-refractivity contribution in [2.75, 3.05) is 11.4 Å². The van der Waals surface area contributed by atoms with Crippen molar-refractivity contribution in [3.8, 4) is 0 Å². The third-order valence-corrected chi connectivity index (χ3v) is 3.89. The van der Waals surface area contributed by atoms with E-state index in [9.17, 15) is 10.1 Å². The first kappa shape index (κ1) is 14.1. The van der Waals surface area contributed by atoms with Gasteiger partial charge in [-0.05, 0) is 23.6 Å². The Kier molecular flexibility index (Phi) is 3.74. The maximum Gasteiger partial charge on any atom is 0.293 e. The Morgan fingerprint density at radius 3 is 2.73 bits per heavy atom. The van der Waals surface area contributed by atoms with Gasteiger partial charge in [-0.2, -0.15) is 5.10 Å². The van der Waals surface area contributed by atoms with Crippen molar-refractivity contribution >= 4 is 17.6 Å². The Balaban J connectivity index is 1.97. The molecule has 0 bridgehead atoms. The lowest BCUT2D eigenvalue weighted by Crippen LogP contribution is -2.30. The fourth-order valence-corrected chi connectivity index (χ4v) is 2.82. The minimum absolute atomic E-state index is 0.0804. The maximum absolute atomic E-state index is 11.4. The lowest BCUT2D eigenvalue weighted by atomic mass is 9.99. The molecule has 0 fully saturated rings. The van der Waals surface area contributed by atoms with Crippen LogP contribution in [0.2, 0.25) is 0 Å².